The fourth-order valence-corrected chi connectivity index (χ4v) is 4.60. The molecule has 2 heterocycles. The largest absolute Gasteiger partial charge is 0.373 e. The number of hydrogen-bond acceptors (Lipinski definition) is 3. The van der Waals surface area contributed by atoms with Gasteiger partial charge in [0.15, 0.2) is 0 Å². The summed E-state index contributed by atoms with van der Waals surface area (Å²) in [6, 6.07) is 18.2. The van der Waals surface area contributed by atoms with Crippen LogP contribution in [0.5, 0.6) is 0 Å². The summed E-state index contributed by atoms with van der Waals surface area (Å²) >= 11 is 0. The number of carbonyl (C=O) groups excluding carboxylic acids is 2. The number of ether oxygens (including phenoxy) is 1. The van der Waals surface area contributed by atoms with Gasteiger partial charge in [-0.25, -0.2) is 0 Å². The van der Waals surface area contributed by atoms with Crippen LogP contribution < -0.4 is 0 Å². The Kier molecular flexibility index (Phi) is 6.48. The second-order valence-electron chi connectivity index (χ2n) is 8.26. The number of piperidine rings is 1. The molecule has 158 valence electrons. The first kappa shape index (κ1) is 20.6. The molecular weight excluding hydrogens is 376 g/mol. The Morgan fingerprint density at radius 1 is 0.967 bits per heavy atom. The van der Waals surface area contributed by atoms with Crippen LogP contribution in [0.1, 0.15) is 48.9 Å². The van der Waals surface area contributed by atoms with E-state index in [1.165, 1.54) is 11.1 Å². The highest BCUT2D eigenvalue weighted by molar-refractivity contribution is 5.80. The first-order chi connectivity index (χ1) is 14.6. The Balaban J connectivity index is 1.33. The van der Waals surface area contributed by atoms with Crippen LogP contribution in [0.3, 0.4) is 0 Å². The monoisotopic (exact) mass is 406 g/mol. The van der Waals surface area contributed by atoms with Gasteiger partial charge in [0.1, 0.15) is 0 Å². The number of rotatable bonds is 5. The second kappa shape index (κ2) is 9.43. The second-order valence-corrected chi connectivity index (χ2v) is 8.26. The van der Waals surface area contributed by atoms with Gasteiger partial charge >= 0.3 is 0 Å². The van der Waals surface area contributed by atoms with Crippen molar-refractivity contribution in [2.24, 2.45) is 0 Å². The molecule has 0 N–H and O–H groups in total. The molecule has 1 saturated heterocycles. The third-order valence-electron chi connectivity index (χ3n) is 6.31. The molecule has 0 spiro atoms. The van der Waals surface area contributed by atoms with Gasteiger partial charge in [-0.3, -0.25) is 9.59 Å². The van der Waals surface area contributed by atoms with Crippen LogP contribution in [-0.4, -0.2) is 47.4 Å². The molecule has 0 aromatic heterocycles. The van der Waals surface area contributed by atoms with Gasteiger partial charge < -0.3 is 14.5 Å². The number of fused-ring (bicyclic) bond motifs is 1. The predicted molar refractivity (Wildman–Crippen MR) is 116 cm³/mol. The van der Waals surface area contributed by atoms with Crippen molar-refractivity contribution in [3.63, 3.8) is 0 Å². The summed E-state index contributed by atoms with van der Waals surface area (Å²) in [6.07, 6.45) is 3.11. The lowest BCUT2D eigenvalue weighted by molar-refractivity contribution is -0.138. The smallest absolute Gasteiger partial charge is 0.224 e. The number of benzene rings is 2. The maximum Gasteiger partial charge on any atom is 0.224 e. The van der Waals surface area contributed by atoms with Crippen molar-refractivity contribution in [2.75, 3.05) is 19.6 Å². The molecule has 0 saturated carbocycles. The van der Waals surface area contributed by atoms with Gasteiger partial charge in [0.2, 0.25) is 11.8 Å². The number of nitrogens with zero attached hydrogens (tertiary/aromatic N) is 2. The summed E-state index contributed by atoms with van der Waals surface area (Å²) in [5, 5.41) is 0. The highest BCUT2D eigenvalue weighted by Gasteiger charge is 2.33. The molecule has 1 atom stereocenters. The fourth-order valence-electron chi connectivity index (χ4n) is 4.60. The molecule has 30 heavy (non-hydrogen) atoms. The molecule has 2 aromatic rings. The van der Waals surface area contributed by atoms with E-state index in [9.17, 15) is 9.59 Å². The zero-order valence-electron chi connectivity index (χ0n) is 17.6. The van der Waals surface area contributed by atoms with Crippen LogP contribution in [0.15, 0.2) is 54.6 Å². The first-order valence-electron chi connectivity index (χ1n) is 10.9. The zero-order valence-corrected chi connectivity index (χ0v) is 17.6. The van der Waals surface area contributed by atoms with E-state index in [1.807, 2.05) is 40.1 Å². The van der Waals surface area contributed by atoms with Crippen molar-refractivity contribution in [3.8, 4) is 0 Å². The molecule has 2 aliphatic heterocycles. The lowest BCUT2D eigenvalue weighted by atomic mass is 9.90. The molecule has 2 amide bonds. The molecule has 1 unspecified atom stereocenters. The van der Waals surface area contributed by atoms with E-state index in [-0.39, 0.29) is 24.0 Å². The Morgan fingerprint density at radius 3 is 2.40 bits per heavy atom. The van der Waals surface area contributed by atoms with Crippen molar-refractivity contribution in [2.45, 2.75) is 51.4 Å². The number of carbonyl (C=O) groups is 2. The minimum atomic E-state index is -0.160. The van der Waals surface area contributed by atoms with Crippen LogP contribution >= 0.6 is 0 Å². The van der Waals surface area contributed by atoms with E-state index >= 15 is 0 Å². The highest BCUT2D eigenvalue weighted by atomic mass is 16.5. The summed E-state index contributed by atoms with van der Waals surface area (Å²) in [4.78, 5) is 29.1. The predicted octanol–water partition coefficient (Wildman–Crippen LogP) is 3.73. The van der Waals surface area contributed by atoms with E-state index in [1.54, 1.807) is 6.92 Å². The van der Waals surface area contributed by atoms with Crippen LogP contribution in [0.4, 0.5) is 0 Å². The summed E-state index contributed by atoms with van der Waals surface area (Å²) in [6.45, 7) is 4.33. The van der Waals surface area contributed by atoms with Crippen molar-refractivity contribution in [1.29, 1.82) is 0 Å². The fraction of sp³-hybridized carbons (Fsp3) is 0.440. The molecule has 2 aromatic carbocycles. The normalized spacial score (nSPS) is 19.4. The molecule has 5 heteroatoms. The van der Waals surface area contributed by atoms with Gasteiger partial charge in [0.25, 0.3) is 0 Å². The SMILES string of the molecule is CC(=O)N1CCc2ccccc2C1CC(=O)N1CCC(OCc2ccccc2)CC1. The summed E-state index contributed by atoms with van der Waals surface area (Å²) in [5.74, 6) is 0.166. The third kappa shape index (κ3) is 4.73. The number of likely N-dealkylation sites (tertiary alicyclic amines) is 1. The van der Waals surface area contributed by atoms with Gasteiger partial charge in [0, 0.05) is 26.6 Å². The van der Waals surface area contributed by atoms with Crippen LogP contribution in [0.25, 0.3) is 0 Å². The van der Waals surface area contributed by atoms with Gasteiger partial charge in [0.05, 0.1) is 25.2 Å². The first-order valence-corrected chi connectivity index (χ1v) is 10.9. The van der Waals surface area contributed by atoms with Crippen molar-refractivity contribution in [3.05, 3.63) is 71.3 Å². The van der Waals surface area contributed by atoms with E-state index in [0.29, 0.717) is 32.7 Å². The lowest BCUT2D eigenvalue weighted by Crippen LogP contribution is -2.44. The molecular formula is C25H30N2O3. The van der Waals surface area contributed by atoms with Crippen LogP contribution in [0, 0.1) is 0 Å². The third-order valence-corrected chi connectivity index (χ3v) is 6.31. The quantitative estimate of drug-likeness (QED) is 0.760. The Morgan fingerprint density at radius 2 is 1.67 bits per heavy atom. The van der Waals surface area contributed by atoms with Crippen molar-refractivity contribution < 1.29 is 14.3 Å². The van der Waals surface area contributed by atoms with E-state index < -0.39 is 0 Å². The van der Waals surface area contributed by atoms with Crippen molar-refractivity contribution in [1.82, 2.24) is 9.80 Å². The minimum absolute atomic E-state index is 0.0373. The summed E-state index contributed by atoms with van der Waals surface area (Å²) in [5.41, 5.74) is 3.55. The molecule has 5 nitrogen and oxygen atoms in total. The Hall–Kier alpha value is -2.66. The molecule has 0 aliphatic carbocycles. The maximum atomic E-state index is 13.1. The molecule has 2 aliphatic rings. The van der Waals surface area contributed by atoms with Crippen molar-refractivity contribution >= 4 is 11.8 Å². The molecule has 4 rings (SSSR count). The van der Waals surface area contributed by atoms with E-state index in [2.05, 4.69) is 24.3 Å². The van der Waals surface area contributed by atoms with Crippen LogP contribution in [0.2, 0.25) is 0 Å². The number of hydrogen-bond donors (Lipinski definition) is 0. The molecule has 0 bridgehead atoms. The van der Waals surface area contributed by atoms with Gasteiger partial charge in [-0.2, -0.15) is 0 Å². The standard InChI is InChI=1S/C25H30N2O3/c1-19(28)27-16-11-21-9-5-6-10-23(21)24(27)17-25(29)26-14-12-22(13-15-26)30-18-20-7-3-2-4-8-20/h2-10,22,24H,11-18H2,1H3. The number of amides is 2. The van der Waals surface area contributed by atoms with Gasteiger partial charge in [-0.05, 0) is 36.0 Å². The Bertz CT molecular complexity index is 875. The lowest BCUT2D eigenvalue weighted by Gasteiger charge is -2.38. The average molecular weight is 407 g/mol. The van der Waals surface area contributed by atoms with E-state index in [4.69, 9.17) is 4.74 Å². The minimum Gasteiger partial charge on any atom is -0.373 e. The maximum absolute atomic E-state index is 13.1. The zero-order chi connectivity index (χ0) is 20.9. The topological polar surface area (TPSA) is 49.9 Å². The summed E-state index contributed by atoms with van der Waals surface area (Å²) < 4.78 is 6.05. The summed E-state index contributed by atoms with van der Waals surface area (Å²) in [7, 11) is 0. The average Bonchev–Trinajstić information content (AvgIpc) is 2.78. The van der Waals surface area contributed by atoms with Gasteiger partial charge in [-0.1, -0.05) is 54.6 Å². The molecule has 1 fully saturated rings. The highest BCUT2D eigenvalue weighted by Crippen LogP contribution is 2.33. The van der Waals surface area contributed by atoms with Crippen LogP contribution in [-0.2, 0) is 27.4 Å². The van der Waals surface area contributed by atoms with Gasteiger partial charge in [-0.15, -0.1) is 0 Å². The van der Waals surface area contributed by atoms with E-state index in [0.717, 1.165) is 24.8 Å². The molecule has 0 radical (unpaired) electrons. The Labute approximate surface area is 178 Å².